The maximum atomic E-state index is 14.8. The molecule has 0 spiro atoms. The monoisotopic (exact) mass is 481 g/mol. The van der Waals surface area contributed by atoms with Crippen LogP contribution in [0.1, 0.15) is 21.5 Å². The largest absolute Gasteiger partial charge is 0.417 e. The molecule has 0 fully saturated rings. The first-order chi connectivity index (χ1) is 16.7. The Bertz CT molecular complexity index is 1440. The molecule has 1 amide bonds. The van der Waals surface area contributed by atoms with Gasteiger partial charge in [-0.05, 0) is 36.5 Å². The number of benzene rings is 2. The summed E-state index contributed by atoms with van der Waals surface area (Å²) in [5, 5.41) is 13.2. The van der Waals surface area contributed by atoms with Crippen LogP contribution in [0, 0.1) is 11.2 Å². The topological polar surface area (TPSA) is 82.3 Å². The van der Waals surface area contributed by atoms with E-state index < -0.39 is 40.3 Å². The number of nitrogens with one attached hydrogen (secondary N) is 3. The maximum Gasteiger partial charge on any atom is 0.417 e. The highest BCUT2D eigenvalue weighted by atomic mass is 19.4. The molecule has 35 heavy (non-hydrogen) atoms. The molecule has 0 atom stereocenters. The van der Waals surface area contributed by atoms with Crippen LogP contribution in [0.3, 0.4) is 0 Å². The summed E-state index contributed by atoms with van der Waals surface area (Å²) in [5.41, 5.74) is -1.56. The van der Waals surface area contributed by atoms with E-state index in [9.17, 15) is 22.4 Å². The van der Waals surface area contributed by atoms with Crippen molar-refractivity contribution in [3.05, 3.63) is 102 Å². The van der Waals surface area contributed by atoms with Crippen LogP contribution in [-0.4, -0.2) is 28.1 Å². The zero-order valence-electron chi connectivity index (χ0n) is 18.3. The molecule has 0 aliphatic heterocycles. The summed E-state index contributed by atoms with van der Waals surface area (Å²) in [6.45, 7) is 0. The summed E-state index contributed by atoms with van der Waals surface area (Å²) in [5.74, 6) is -2.12. The lowest BCUT2D eigenvalue weighted by molar-refractivity contribution is -0.137. The molecule has 0 saturated carbocycles. The van der Waals surface area contributed by atoms with Gasteiger partial charge in [0, 0.05) is 24.4 Å². The van der Waals surface area contributed by atoms with Gasteiger partial charge in [-0.15, -0.1) is 0 Å². The van der Waals surface area contributed by atoms with Gasteiger partial charge in [0.25, 0.3) is 5.91 Å². The minimum atomic E-state index is -4.92. The minimum absolute atomic E-state index is 0.225. The zero-order chi connectivity index (χ0) is 25.2. The van der Waals surface area contributed by atoms with Gasteiger partial charge in [0.2, 0.25) is 0 Å². The number of imidazole rings is 1. The number of pyridine rings is 1. The van der Waals surface area contributed by atoms with Crippen molar-refractivity contribution in [2.24, 2.45) is 0 Å². The first kappa shape index (κ1) is 23.7. The number of amides is 1. The molecule has 0 unspecified atom stereocenters. The highest BCUT2D eigenvalue weighted by molar-refractivity contribution is 6.11. The molecule has 4 rings (SSSR count). The number of aromatic nitrogens is 2. The maximum absolute atomic E-state index is 14.8. The number of carbonyl (C=O) groups excluding carboxylic acids is 1. The minimum Gasteiger partial charge on any atom is -0.394 e. The van der Waals surface area contributed by atoms with E-state index in [1.807, 2.05) is 6.07 Å². The van der Waals surface area contributed by atoms with E-state index in [2.05, 4.69) is 15.6 Å². The average Bonchev–Trinajstić information content (AvgIpc) is 3.20. The molecule has 0 bridgehead atoms. The Labute approximate surface area is 197 Å². The van der Waals surface area contributed by atoms with Crippen molar-refractivity contribution in [3.8, 4) is 11.3 Å². The van der Waals surface area contributed by atoms with Crippen molar-refractivity contribution in [1.29, 1.82) is 5.41 Å². The van der Waals surface area contributed by atoms with Crippen LogP contribution in [-0.2, 0) is 6.18 Å². The summed E-state index contributed by atoms with van der Waals surface area (Å²) >= 11 is 0. The van der Waals surface area contributed by atoms with Gasteiger partial charge in [0.15, 0.2) is 0 Å². The van der Waals surface area contributed by atoms with E-state index in [0.29, 0.717) is 16.9 Å². The quantitative estimate of drug-likeness (QED) is 0.251. The molecule has 2 heterocycles. The van der Waals surface area contributed by atoms with Gasteiger partial charge >= 0.3 is 6.18 Å². The fourth-order valence-electron chi connectivity index (χ4n) is 3.55. The van der Waals surface area contributed by atoms with E-state index in [1.54, 1.807) is 53.1 Å². The van der Waals surface area contributed by atoms with Crippen molar-refractivity contribution < 1.29 is 22.4 Å². The van der Waals surface area contributed by atoms with Crippen molar-refractivity contribution in [2.75, 3.05) is 12.4 Å². The molecule has 0 radical (unpaired) electrons. The van der Waals surface area contributed by atoms with E-state index in [-0.39, 0.29) is 11.9 Å². The van der Waals surface area contributed by atoms with Gasteiger partial charge in [-0.25, -0.2) is 9.37 Å². The number of allylic oxidation sites excluding steroid dienone is 1. The Morgan fingerprint density at radius 3 is 2.46 bits per heavy atom. The molecular formula is C25H19F4N5O. The van der Waals surface area contributed by atoms with Crippen LogP contribution in [0.15, 0.2) is 79.1 Å². The molecule has 10 heteroatoms. The Kier molecular flexibility index (Phi) is 6.37. The zero-order valence-corrected chi connectivity index (χ0v) is 18.3. The van der Waals surface area contributed by atoms with E-state index in [0.717, 1.165) is 12.1 Å². The van der Waals surface area contributed by atoms with Crippen LogP contribution in [0.2, 0.25) is 0 Å². The molecule has 3 N–H and O–H groups in total. The fourth-order valence-corrected chi connectivity index (χ4v) is 3.55. The third kappa shape index (κ3) is 4.77. The van der Waals surface area contributed by atoms with Gasteiger partial charge in [-0.2, -0.15) is 13.2 Å². The van der Waals surface area contributed by atoms with Crippen LogP contribution in [0.25, 0.3) is 16.9 Å². The number of hydrogen-bond donors (Lipinski definition) is 3. The Hall–Kier alpha value is -4.47. The third-order valence-electron chi connectivity index (χ3n) is 5.17. The Morgan fingerprint density at radius 1 is 1.06 bits per heavy atom. The van der Waals surface area contributed by atoms with Crippen LogP contribution < -0.4 is 10.6 Å². The highest BCUT2D eigenvalue weighted by Crippen LogP contribution is 2.35. The molecule has 2 aromatic heterocycles. The molecule has 0 aliphatic carbocycles. The summed E-state index contributed by atoms with van der Waals surface area (Å²) < 4.78 is 57.0. The van der Waals surface area contributed by atoms with Crippen molar-refractivity contribution in [1.82, 2.24) is 14.7 Å². The van der Waals surface area contributed by atoms with Gasteiger partial charge in [0.05, 0.1) is 16.8 Å². The lowest BCUT2D eigenvalue weighted by Crippen LogP contribution is -2.20. The van der Waals surface area contributed by atoms with Crippen molar-refractivity contribution in [3.63, 3.8) is 0 Å². The lowest BCUT2D eigenvalue weighted by atomic mass is 9.98. The molecule has 0 saturated heterocycles. The number of nitrogens with zero attached hydrogens (tertiary/aromatic N) is 2. The first-order valence-electron chi connectivity index (χ1n) is 10.4. The SMILES string of the molecule is CN/C=C\C(=N)c1cc(C(=O)Nc2c(-c3ccccc3)nc3ccccn23)c(F)cc1C(F)(F)F. The normalized spacial score (nSPS) is 11.7. The van der Waals surface area contributed by atoms with Crippen LogP contribution >= 0.6 is 0 Å². The second-order valence-corrected chi connectivity index (χ2v) is 7.47. The molecular weight excluding hydrogens is 462 g/mol. The van der Waals surface area contributed by atoms with Gasteiger partial charge < -0.3 is 16.0 Å². The summed E-state index contributed by atoms with van der Waals surface area (Å²) in [7, 11) is 1.51. The number of carbonyl (C=O) groups is 1. The van der Waals surface area contributed by atoms with E-state index in [4.69, 9.17) is 5.41 Å². The number of fused-ring (bicyclic) bond motifs is 1. The first-order valence-corrected chi connectivity index (χ1v) is 10.4. The van der Waals surface area contributed by atoms with Gasteiger partial charge in [-0.1, -0.05) is 36.4 Å². The second kappa shape index (κ2) is 9.41. The number of anilines is 1. The van der Waals surface area contributed by atoms with Gasteiger partial charge in [-0.3, -0.25) is 9.20 Å². The summed E-state index contributed by atoms with van der Waals surface area (Å²) in [6, 6.07) is 15.1. The van der Waals surface area contributed by atoms with Crippen LogP contribution in [0.4, 0.5) is 23.4 Å². The third-order valence-corrected chi connectivity index (χ3v) is 5.17. The second-order valence-electron chi connectivity index (χ2n) is 7.47. The standard InChI is InChI=1S/C25H19F4N5O/c1-31-11-10-20(30)16-13-17(19(26)14-18(16)25(27,28)29)24(35)33-23-22(15-7-3-2-4-8-15)32-21-9-5-6-12-34(21)23/h2-14,30-31H,1H3,(H,33,35)/b11-10-,30-20?. The number of alkyl halides is 3. The molecule has 2 aromatic carbocycles. The summed E-state index contributed by atoms with van der Waals surface area (Å²) in [4.78, 5) is 17.7. The Balaban J connectivity index is 1.81. The highest BCUT2D eigenvalue weighted by Gasteiger charge is 2.36. The van der Waals surface area contributed by atoms with Crippen LogP contribution in [0.5, 0.6) is 0 Å². The van der Waals surface area contributed by atoms with Gasteiger partial charge in [0.1, 0.15) is 23.0 Å². The fraction of sp³-hybridized carbons (Fsp3) is 0.0800. The number of rotatable bonds is 6. The predicted molar refractivity (Wildman–Crippen MR) is 125 cm³/mol. The molecule has 4 aromatic rings. The van der Waals surface area contributed by atoms with E-state index >= 15 is 0 Å². The molecule has 6 nitrogen and oxygen atoms in total. The smallest absolute Gasteiger partial charge is 0.394 e. The molecule has 178 valence electrons. The Morgan fingerprint density at radius 2 is 1.77 bits per heavy atom. The average molecular weight is 481 g/mol. The van der Waals surface area contributed by atoms with Crippen molar-refractivity contribution in [2.45, 2.75) is 6.18 Å². The predicted octanol–water partition coefficient (Wildman–Crippen LogP) is 5.51. The lowest BCUT2D eigenvalue weighted by Gasteiger charge is -2.15. The van der Waals surface area contributed by atoms with Crippen molar-refractivity contribution >= 4 is 23.1 Å². The van der Waals surface area contributed by atoms with E-state index in [1.165, 1.54) is 13.2 Å². The number of hydrogen-bond acceptors (Lipinski definition) is 4. The summed E-state index contributed by atoms with van der Waals surface area (Å²) in [6.07, 6.45) is -0.928. The number of halogens is 4. The molecule has 0 aliphatic rings.